The number of aryl methyl sites for hydroxylation is 1. The number of hydrogen-bond acceptors (Lipinski definition) is 3. The van der Waals surface area contributed by atoms with E-state index in [0.29, 0.717) is 12.5 Å². The lowest BCUT2D eigenvalue weighted by Gasteiger charge is -2.36. The van der Waals surface area contributed by atoms with Crippen molar-refractivity contribution in [3.63, 3.8) is 0 Å². The molecular weight excluding hydrogens is 315 g/mol. The predicted molar refractivity (Wildman–Crippen MR) is 83.5 cm³/mol. The molecule has 0 saturated carbocycles. The van der Waals surface area contributed by atoms with Crippen LogP contribution in [-0.4, -0.2) is 31.9 Å². The molecule has 2 rings (SSSR count). The molecule has 1 saturated heterocycles. The molecule has 1 aromatic carbocycles. The first-order valence-electron chi connectivity index (χ1n) is 6.84. The Balaban J connectivity index is 0.00000220. The molecule has 120 valence electrons. The molecular formula is C14H22ClFN2O2S. The van der Waals surface area contributed by atoms with Crippen molar-refractivity contribution in [3.8, 4) is 0 Å². The van der Waals surface area contributed by atoms with Crippen molar-refractivity contribution in [2.45, 2.75) is 37.6 Å². The standard InChI is InChI=1S/C14H21FN2O2S.ClH/c1-10-3-4-13(15)14(8-10)20(18,19)17-6-5-11(2)7-12(17)9-16;/h3-4,8,11-12H,5-7,9,16H2,1-2H3;1H. The van der Waals surface area contributed by atoms with Crippen molar-refractivity contribution in [2.24, 2.45) is 11.7 Å². The van der Waals surface area contributed by atoms with E-state index in [1.807, 2.05) is 0 Å². The van der Waals surface area contributed by atoms with Gasteiger partial charge in [0.15, 0.2) is 0 Å². The van der Waals surface area contributed by atoms with Gasteiger partial charge in [-0.1, -0.05) is 13.0 Å². The second-order valence-electron chi connectivity index (χ2n) is 5.57. The van der Waals surface area contributed by atoms with Crippen LogP contribution in [0.3, 0.4) is 0 Å². The Hall–Kier alpha value is -0.690. The van der Waals surface area contributed by atoms with Crippen molar-refractivity contribution >= 4 is 22.4 Å². The van der Waals surface area contributed by atoms with Crippen LogP contribution in [0.15, 0.2) is 23.1 Å². The number of nitrogens with two attached hydrogens (primary N) is 1. The highest BCUT2D eigenvalue weighted by atomic mass is 35.5. The lowest BCUT2D eigenvalue weighted by Crippen LogP contribution is -2.49. The summed E-state index contributed by atoms with van der Waals surface area (Å²) in [5, 5.41) is 0. The van der Waals surface area contributed by atoms with E-state index in [2.05, 4.69) is 6.92 Å². The van der Waals surface area contributed by atoms with Gasteiger partial charge in [-0.05, 0) is 43.4 Å². The fourth-order valence-corrected chi connectivity index (χ4v) is 4.51. The Bertz CT molecular complexity index is 595. The number of benzene rings is 1. The molecule has 2 N–H and O–H groups in total. The molecule has 2 unspecified atom stereocenters. The summed E-state index contributed by atoms with van der Waals surface area (Å²) >= 11 is 0. The van der Waals surface area contributed by atoms with Crippen LogP contribution in [0.4, 0.5) is 4.39 Å². The van der Waals surface area contributed by atoms with Crippen molar-refractivity contribution in [2.75, 3.05) is 13.1 Å². The zero-order valence-electron chi connectivity index (χ0n) is 12.3. The Labute approximate surface area is 132 Å². The number of sulfonamides is 1. The van der Waals surface area contributed by atoms with Crippen molar-refractivity contribution in [1.82, 2.24) is 4.31 Å². The first-order chi connectivity index (χ1) is 9.36. The molecule has 1 aromatic rings. The molecule has 1 aliphatic rings. The lowest BCUT2D eigenvalue weighted by molar-refractivity contribution is 0.210. The number of hydrogen-bond donors (Lipinski definition) is 1. The summed E-state index contributed by atoms with van der Waals surface area (Å²) in [6, 6.07) is 3.90. The first kappa shape index (κ1) is 18.4. The molecule has 1 heterocycles. The normalized spacial score (nSPS) is 23.6. The van der Waals surface area contributed by atoms with Crippen LogP contribution < -0.4 is 5.73 Å². The molecule has 7 heteroatoms. The lowest BCUT2D eigenvalue weighted by atomic mass is 9.94. The summed E-state index contributed by atoms with van der Waals surface area (Å²) in [5.74, 6) is -0.262. The van der Waals surface area contributed by atoms with E-state index < -0.39 is 15.8 Å². The van der Waals surface area contributed by atoms with Crippen molar-refractivity contribution in [3.05, 3.63) is 29.6 Å². The number of piperidine rings is 1. The maximum absolute atomic E-state index is 13.9. The topological polar surface area (TPSA) is 63.4 Å². The molecule has 0 spiro atoms. The van der Waals surface area contributed by atoms with Crippen LogP contribution in [0, 0.1) is 18.7 Å². The minimum absolute atomic E-state index is 0. The molecule has 0 aliphatic carbocycles. The van der Waals surface area contributed by atoms with Gasteiger partial charge < -0.3 is 5.73 Å². The fraction of sp³-hybridized carbons (Fsp3) is 0.571. The van der Waals surface area contributed by atoms with Gasteiger partial charge in [0.05, 0.1) is 0 Å². The Kier molecular flexibility index (Phi) is 6.16. The van der Waals surface area contributed by atoms with E-state index >= 15 is 0 Å². The maximum atomic E-state index is 13.9. The second-order valence-corrected chi connectivity index (χ2v) is 7.43. The molecule has 0 amide bonds. The Morgan fingerprint density at radius 3 is 2.71 bits per heavy atom. The van der Waals surface area contributed by atoms with Gasteiger partial charge in [0, 0.05) is 19.1 Å². The predicted octanol–water partition coefficient (Wildman–Crippen LogP) is 2.30. The average Bonchev–Trinajstić information content (AvgIpc) is 2.40. The van der Waals surface area contributed by atoms with Gasteiger partial charge in [-0.3, -0.25) is 0 Å². The highest BCUT2D eigenvalue weighted by Gasteiger charge is 2.36. The third-order valence-corrected chi connectivity index (χ3v) is 5.84. The fourth-order valence-electron chi connectivity index (χ4n) is 2.69. The zero-order chi connectivity index (χ0) is 14.9. The molecule has 0 aromatic heterocycles. The zero-order valence-corrected chi connectivity index (χ0v) is 13.9. The van der Waals surface area contributed by atoms with Gasteiger partial charge in [0.25, 0.3) is 0 Å². The summed E-state index contributed by atoms with van der Waals surface area (Å²) in [6.45, 7) is 4.49. The van der Waals surface area contributed by atoms with E-state index in [1.165, 1.54) is 16.4 Å². The molecule has 21 heavy (non-hydrogen) atoms. The Morgan fingerprint density at radius 2 is 2.10 bits per heavy atom. The quantitative estimate of drug-likeness (QED) is 0.921. The van der Waals surface area contributed by atoms with E-state index in [9.17, 15) is 12.8 Å². The van der Waals surface area contributed by atoms with Gasteiger partial charge in [-0.15, -0.1) is 12.4 Å². The molecule has 4 nitrogen and oxygen atoms in total. The van der Waals surface area contributed by atoms with E-state index in [4.69, 9.17) is 5.73 Å². The highest BCUT2D eigenvalue weighted by Crippen LogP contribution is 2.29. The summed E-state index contributed by atoms with van der Waals surface area (Å²) in [7, 11) is -3.82. The monoisotopic (exact) mass is 336 g/mol. The van der Waals surface area contributed by atoms with Crippen LogP contribution in [0.25, 0.3) is 0 Å². The van der Waals surface area contributed by atoms with Crippen molar-refractivity contribution < 1.29 is 12.8 Å². The molecule has 0 radical (unpaired) electrons. The highest BCUT2D eigenvalue weighted by molar-refractivity contribution is 7.89. The largest absolute Gasteiger partial charge is 0.329 e. The number of halogens is 2. The molecule has 1 fully saturated rings. The minimum atomic E-state index is -3.82. The van der Waals surface area contributed by atoms with Gasteiger partial charge in [0.2, 0.25) is 10.0 Å². The van der Waals surface area contributed by atoms with E-state index in [-0.39, 0.29) is 29.9 Å². The average molecular weight is 337 g/mol. The van der Waals surface area contributed by atoms with Gasteiger partial charge in [-0.25, -0.2) is 12.8 Å². The third kappa shape index (κ3) is 3.74. The van der Waals surface area contributed by atoms with E-state index in [1.54, 1.807) is 13.0 Å². The molecule has 0 bridgehead atoms. The van der Waals surface area contributed by atoms with Gasteiger partial charge in [-0.2, -0.15) is 4.31 Å². The number of rotatable bonds is 3. The van der Waals surface area contributed by atoms with Crippen LogP contribution in [0.5, 0.6) is 0 Å². The SMILES string of the molecule is Cc1ccc(F)c(S(=O)(=O)N2CCC(C)CC2CN)c1.Cl. The summed E-state index contributed by atoms with van der Waals surface area (Å²) in [6.07, 6.45) is 1.51. The van der Waals surface area contributed by atoms with Crippen LogP contribution in [-0.2, 0) is 10.0 Å². The second kappa shape index (κ2) is 7.05. The Morgan fingerprint density at radius 1 is 1.43 bits per heavy atom. The van der Waals surface area contributed by atoms with Gasteiger partial charge >= 0.3 is 0 Å². The summed E-state index contributed by atoms with van der Waals surface area (Å²) < 4.78 is 40.6. The van der Waals surface area contributed by atoms with Crippen LogP contribution in [0.2, 0.25) is 0 Å². The summed E-state index contributed by atoms with van der Waals surface area (Å²) in [4.78, 5) is -0.245. The maximum Gasteiger partial charge on any atom is 0.246 e. The third-order valence-electron chi connectivity index (χ3n) is 3.87. The van der Waals surface area contributed by atoms with Crippen LogP contribution >= 0.6 is 12.4 Å². The minimum Gasteiger partial charge on any atom is -0.329 e. The smallest absolute Gasteiger partial charge is 0.246 e. The molecule has 2 atom stereocenters. The van der Waals surface area contributed by atoms with E-state index in [0.717, 1.165) is 18.4 Å². The van der Waals surface area contributed by atoms with Crippen LogP contribution in [0.1, 0.15) is 25.3 Å². The van der Waals surface area contributed by atoms with Crippen molar-refractivity contribution in [1.29, 1.82) is 0 Å². The van der Waals surface area contributed by atoms with Gasteiger partial charge in [0.1, 0.15) is 10.7 Å². The first-order valence-corrected chi connectivity index (χ1v) is 8.28. The molecule has 1 aliphatic heterocycles. The summed E-state index contributed by atoms with van der Waals surface area (Å²) in [5.41, 5.74) is 6.42. The number of nitrogens with zero attached hydrogens (tertiary/aromatic N) is 1.